The molecule has 8 nitrogen and oxygen atoms in total. The van der Waals surface area contributed by atoms with E-state index < -0.39 is 0 Å². The number of aryl methyl sites for hydroxylation is 1. The van der Waals surface area contributed by atoms with Crippen molar-refractivity contribution in [1.29, 1.82) is 0 Å². The van der Waals surface area contributed by atoms with Crippen molar-refractivity contribution >= 4 is 11.6 Å². The highest BCUT2D eigenvalue weighted by molar-refractivity contribution is 5.95. The maximum Gasteiger partial charge on any atom is 0.264 e. The first-order valence-corrected chi connectivity index (χ1v) is 7.35. The number of benzene rings is 1. The van der Waals surface area contributed by atoms with Crippen molar-refractivity contribution in [3.8, 4) is 5.75 Å². The van der Waals surface area contributed by atoms with Gasteiger partial charge in [-0.2, -0.15) is 4.98 Å². The van der Waals surface area contributed by atoms with Crippen LogP contribution in [0.15, 0.2) is 28.8 Å². The summed E-state index contributed by atoms with van der Waals surface area (Å²) in [4.78, 5) is 16.1. The van der Waals surface area contributed by atoms with Gasteiger partial charge in [0.15, 0.2) is 12.4 Å². The van der Waals surface area contributed by atoms with Crippen LogP contribution >= 0.6 is 0 Å². The van der Waals surface area contributed by atoms with Gasteiger partial charge in [-0.25, -0.2) is 0 Å². The predicted octanol–water partition coefficient (Wildman–Crippen LogP) is 0.884. The van der Waals surface area contributed by atoms with E-state index in [0.717, 1.165) is 0 Å². The number of amides is 1. The Labute approximate surface area is 133 Å². The number of carbonyl (C=O) groups excluding carboxylic acids is 1. The lowest BCUT2D eigenvalue weighted by atomic mass is 10.2. The van der Waals surface area contributed by atoms with E-state index in [1.807, 2.05) is 0 Å². The summed E-state index contributed by atoms with van der Waals surface area (Å²) in [6.07, 6.45) is 0. The maximum absolute atomic E-state index is 12.1. The predicted molar refractivity (Wildman–Crippen MR) is 81.0 cm³/mol. The molecular formula is C15H18N4O4. The minimum atomic E-state index is -0.319. The SMILES string of the molecule is Cc1noc(COc2ccc(NC(=O)C3COCCN3)cc2)n1. The Morgan fingerprint density at radius 1 is 1.43 bits per heavy atom. The molecule has 3 rings (SSSR count). The van der Waals surface area contributed by atoms with Gasteiger partial charge in [0.05, 0.1) is 13.2 Å². The van der Waals surface area contributed by atoms with Gasteiger partial charge in [-0.15, -0.1) is 0 Å². The van der Waals surface area contributed by atoms with E-state index in [1.165, 1.54) is 0 Å². The van der Waals surface area contributed by atoms with Crippen molar-refractivity contribution in [3.63, 3.8) is 0 Å². The minimum absolute atomic E-state index is 0.111. The second kappa shape index (κ2) is 7.21. The molecule has 1 fully saturated rings. The number of aromatic nitrogens is 2. The van der Waals surface area contributed by atoms with E-state index in [-0.39, 0.29) is 18.6 Å². The highest BCUT2D eigenvalue weighted by atomic mass is 16.5. The number of hydrogen-bond donors (Lipinski definition) is 2. The number of ether oxygens (including phenoxy) is 2. The standard InChI is InChI=1S/C15H18N4O4/c1-10-17-14(23-19-10)9-22-12-4-2-11(3-5-12)18-15(20)13-8-21-7-6-16-13/h2-5,13,16H,6-9H2,1H3,(H,18,20). The Morgan fingerprint density at radius 3 is 2.91 bits per heavy atom. The molecule has 2 N–H and O–H groups in total. The van der Waals surface area contributed by atoms with Gasteiger partial charge in [0.25, 0.3) is 5.89 Å². The molecule has 1 aliphatic heterocycles. The number of nitrogens with one attached hydrogen (secondary N) is 2. The molecule has 1 aromatic heterocycles. The van der Waals surface area contributed by atoms with Gasteiger partial charge in [-0.1, -0.05) is 5.16 Å². The summed E-state index contributed by atoms with van der Waals surface area (Å²) < 4.78 is 15.8. The monoisotopic (exact) mass is 318 g/mol. The fourth-order valence-corrected chi connectivity index (χ4v) is 2.14. The quantitative estimate of drug-likeness (QED) is 0.844. The molecule has 0 saturated carbocycles. The zero-order valence-corrected chi connectivity index (χ0v) is 12.7. The third kappa shape index (κ3) is 4.27. The summed E-state index contributed by atoms with van der Waals surface area (Å²) in [5, 5.41) is 9.63. The van der Waals surface area contributed by atoms with E-state index in [9.17, 15) is 4.79 Å². The Balaban J connectivity index is 1.51. The fraction of sp³-hybridized carbons (Fsp3) is 0.400. The largest absolute Gasteiger partial charge is 0.484 e. The van der Waals surface area contributed by atoms with Gasteiger partial charge in [0.2, 0.25) is 5.91 Å². The summed E-state index contributed by atoms with van der Waals surface area (Å²) in [7, 11) is 0. The van der Waals surface area contributed by atoms with Crippen LogP contribution in [0.4, 0.5) is 5.69 Å². The first kappa shape index (κ1) is 15.4. The zero-order valence-electron chi connectivity index (χ0n) is 12.7. The molecule has 1 atom stereocenters. The van der Waals surface area contributed by atoms with E-state index in [1.54, 1.807) is 31.2 Å². The number of hydrogen-bond acceptors (Lipinski definition) is 7. The van der Waals surface area contributed by atoms with Crippen LogP contribution in [-0.2, 0) is 16.1 Å². The van der Waals surface area contributed by atoms with Crippen LogP contribution in [0.2, 0.25) is 0 Å². The molecule has 1 aliphatic rings. The molecule has 1 unspecified atom stereocenters. The first-order valence-electron chi connectivity index (χ1n) is 7.35. The number of carbonyl (C=O) groups is 1. The van der Waals surface area contributed by atoms with E-state index in [2.05, 4.69) is 20.8 Å². The van der Waals surface area contributed by atoms with Crippen LogP contribution in [0, 0.1) is 6.92 Å². The summed E-state index contributed by atoms with van der Waals surface area (Å²) in [5.41, 5.74) is 0.698. The second-order valence-corrected chi connectivity index (χ2v) is 5.12. The van der Waals surface area contributed by atoms with Gasteiger partial charge < -0.3 is 24.6 Å². The van der Waals surface area contributed by atoms with Crippen LogP contribution in [0.5, 0.6) is 5.75 Å². The normalized spacial score (nSPS) is 17.7. The second-order valence-electron chi connectivity index (χ2n) is 5.12. The molecule has 1 aromatic carbocycles. The Bertz CT molecular complexity index is 650. The molecule has 0 radical (unpaired) electrons. The van der Waals surface area contributed by atoms with Crippen molar-refractivity contribution < 1.29 is 18.8 Å². The molecule has 0 spiro atoms. The zero-order chi connectivity index (χ0) is 16.1. The van der Waals surface area contributed by atoms with Crippen molar-refractivity contribution in [2.45, 2.75) is 19.6 Å². The van der Waals surface area contributed by atoms with Gasteiger partial charge in [-0.3, -0.25) is 4.79 Å². The average Bonchev–Trinajstić information content (AvgIpc) is 3.00. The summed E-state index contributed by atoms with van der Waals surface area (Å²) >= 11 is 0. The van der Waals surface area contributed by atoms with Crippen molar-refractivity contribution in [1.82, 2.24) is 15.5 Å². The summed E-state index contributed by atoms with van der Waals surface area (Å²) in [6.45, 7) is 3.65. The Kier molecular flexibility index (Phi) is 4.84. The third-order valence-corrected chi connectivity index (χ3v) is 3.29. The van der Waals surface area contributed by atoms with Crippen molar-refractivity contribution in [3.05, 3.63) is 36.0 Å². The highest BCUT2D eigenvalue weighted by Gasteiger charge is 2.21. The smallest absolute Gasteiger partial charge is 0.264 e. The molecule has 2 heterocycles. The number of nitrogens with zero attached hydrogens (tertiary/aromatic N) is 2. The van der Waals surface area contributed by atoms with Crippen LogP contribution in [0.1, 0.15) is 11.7 Å². The first-order chi connectivity index (χ1) is 11.2. The van der Waals surface area contributed by atoms with Gasteiger partial charge >= 0.3 is 0 Å². The lowest BCUT2D eigenvalue weighted by molar-refractivity contribution is -0.120. The minimum Gasteiger partial charge on any atom is -0.484 e. The van der Waals surface area contributed by atoms with Crippen LogP contribution < -0.4 is 15.4 Å². The van der Waals surface area contributed by atoms with E-state index in [0.29, 0.717) is 42.9 Å². The van der Waals surface area contributed by atoms with Gasteiger partial charge in [0, 0.05) is 12.2 Å². The molecular weight excluding hydrogens is 300 g/mol. The van der Waals surface area contributed by atoms with Crippen molar-refractivity contribution in [2.75, 3.05) is 25.1 Å². The Morgan fingerprint density at radius 2 is 2.26 bits per heavy atom. The molecule has 0 bridgehead atoms. The van der Waals surface area contributed by atoms with Gasteiger partial charge in [0.1, 0.15) is 11.8 Å². The van der Waals surface area contributed by atoms with E-state index >= 15 is 0 Å². The summed E-state index contributed by atoms with van der Waals surface area (Å²) in [5.74, 6) is 1.53. The molecule has 2 aromatic rings. The van der Waals surface area contributed by atoms with Crippen LogP contribution in [0.3, 0.4) is 0 Å². The molecule has 1 saturated heterocycles. The summed E-state index contributed by atoms with van der Waals surface area (Å²) in [6, 6.07) is 6.76. The Hall–Kier alpha value is -2.45. The lowest BCUT2D eigenvalue weighted by Crippen LogP contribution is -2.48. The molecule has 23 heavy (non-hydrogen) atoms. The molecule has 8 heteroatoms. The molecule has 122 valence electrons. The van der Waals surface area contributed by atoms with Gasteiger partial charge in [-0.05, 0) is 31.2 Å². The van der Waals surface area contributed by atoms with Crippen molar-refractivity contribution in [2.24, 2.45) is 0 Å². The van der Waals surface area contributed by atoms with Crippen LogP contribution in [-0.4, -0.2) is 41.8 Å². The highest BCUT2D eigenvalue weighted by Crippen LogP contribution is 2.17. The third-order valence-electron chi connectivity index (χ3n) is 3.29. The van der Waals surface area contributed by atoms with E-state index in [4.69, 9.17) is 14.0 Å². The number of morpholine rings is 1. The topological polar surface area (TPSA) is 98.5 Å². The number of rotatable bonds is 5. The fourth-order valence-electron chi connectivity index (χ4n) is 2.14. The number of anilines is 1. The van der Waals surface area contributed by atoms with Crippen LogP contribution in [0.25, 0.3) is 0 Å². The molecule has 0 aliphatic carbocycles. The average molecular weight is 318 g/mol. The molecule has 1 amide bonds. The maximum atomic E-state index is 12.1. The lowest BCUT2D eigenvalue weighted by Gasteiger charge is -2.22.